The predicted octanol–water partition coefficient (Wildman–Crippen LogP) is -1.48. The molecule has 0 aromatic heterocycles. The minimum absolute atomic E-state index is 0. The van der Waals surface area contributed by atoms with Crippen molar-refractivity contribution in [3.05, 3.63) is 0 Å². The molecule has 4 N–H and O–H groups in total. The molecule has 0 aliphatic rings. The van der Waals surface area contributed by atoms with E-state index in [1.165, 1.54) is 11.5 Å². The van der Waals surface area contributed by atoms with Crippen molar-refractivity contribution in [2.24, 2.45) is 0 Å². The van der Waals surface area contributed by atoms with Gasteiger partial charge in [-0.05, 0) is 11.5 Å². The van der Waals surface area contributed by atoms with Crippen LogP contribution in [0.15, 0.2) is 0 Å². The van der Waals surface area contributed by atoms with Crippen molar-refractivity contribution < 1.29 is 15.5 Å². The molecule has 0 saturated heterocycles. The van der Waals surface area contributed by atoms with Gasteiger partial charge in [0.2, 0.25) is 0 Å². The first kappa shape index (κ1) is 22.7. The molecule has 0 aliphatic carbocycles. The van der Waals surface area contributed by atoms with Gasteiger partial charge in [0.05, 0.1) is 0 Å². The van der Waals surface area contributed by atoms with Crippen molar-refractivity contribution in [3.63, 3.8) is 0 Å². The van der Waals surface area contributed by atoms with E-state index in [9.17, 15) is 0 Å². The maximum atomic E-state index is 7.12. The molecule has 0 spiro atoms. The van der Waals surface area contributed by atoms with E-state index in [4.69, 9.17) is 10.0 Å². The molecule has 6 heteroatoms. The third-order valence-corrected chi connectivity index (χ3v) is 1.22. The molecule has 0 radical (unpaired) electrons. The summed E-state index contributed by atoms with van der Waals surface area (Å²) in [6.45, 7) is 4.35. The molecule has 0 aromatic rings. The van der Waals surface area contributed by atoms with Crippen LogP contribution in [0.5, 0.6) is 0 Å². The van der Waals surface area contributed by atoms with Crippen LogP contribution in [0.3, 0.4) is 0 Å². The topological polar surface area (TPSA) is 72.0 Å². The van der Waals surface area contributed by atoms with Crippen molar-refractivity contribution in [3.8, 4) is 0 Å². The zero-order valence-electron chi connectivity index (χ0n) is 5.92. The summed E-state index contributed by atoms with van der Waals surface area (Å²) >= 11 is 1.96. The standard InChI is InChI=1S/C4H10S.BH3O2.K.H2O.H/c1-3-5-4-2;2-1-3;;;/h3-4H2,1-2H3;1-3H;;1H2;. The van der Waals surface area contributed by atoms with Gasteiger partial charge < -0.3 is 15.5 Å². The molecule has 0 fully saturated rings. The molecule has 3 nitrogen and oxygen atoms in total. The summed E-state index contributed by atoms with van der Waals surface area (Å²) in [5.41, 5.74) is 0. The first-order chi connectivity index (χ1) is 3.83. The quantitative estimate of drug-likeness (QED) is 0.527. The fourth-order valence-electron chi connectivity index (χ4n) is 0.204. The SMILES string of the molecule is CCSCC.O.OBO.[KH]. The second kappa shape index (κ2) is 30.6. The van der Waals surface area contributed by atoms with Crippen LogP contribution in [0.4, 0.5) is 0 Å². The van der Waals surface area contributed by atoms with Crippen LogP contribution >= 0.6 is 11.8 Å². The molecule has 0 saturated carbocycles. The van der Waals surface area contributed by atoms with Crippen molar-refractivity contribution >= 4 is 70.8 Å². The Balaban J connectivity index is -0.0000000326. The molecule has 0 amide bonds. The molecule has 60 valence electrons. The molecule has 10 heavy (non-hydrogen) atoms. The van der Waals surface area contributed by atoms with Crippen molar-refractivity contribution in [1.29, 1.82) is 0 Å². The van der Waals surface area contributed by atoms with Gasteiger partial charge in [-0.25, -0.2) is 0 Å². The first-order valence-electron chi connectivity index (χ1n) is 2.62. The zero-order valence-corrected chi connectivity index (χ0v) is 6.74. The van der Waals surface area contributed by atoms with E-state index in [0.717, 1.165) is 0 Å². The van der Waals surface area contributed by atoms with Crippen LogP contribution < -0.4 is 0 Å². The van der Waals surface area contributed by atoms with Gasteiger partial charge in [-0.2, -0.15) is 11.8 Å². The van der Waals surface area contributed by atoms with Gasteiger partial charge in [0.15, 0.2) is 0 Å². The van der Waals surface area contributed by atoms with Crippen LogP contribution in [0, 0.1) is 0 Å². The second-order valence-electron chi connectivity index (χ2n) is 0.923. The fourth-order valence-corrected chi connectivity index (χ4v) is 0.612. The van der Waals surface area contributed by atoms with Gasteiger partial charge in [0.25, 0.3) is 0 Å². The number of hydrogen-bond donors (Lipinski definition) is 2. The van der Waals surface area contributed by atoms with E-state index in [1.54, 1.807) is 0 Å². The summed E-state index contributed by atoms with van der Waals surface area (Å²) in [6, 6.07) is 0. The molecule has 0 aliphatic heterocycles. The Bertz CT molecular complexity index is 34.5. The first-order valence-corrected chi connectivity index (χ1v) is 3.78. The monoisotopic (exact) mass is 194 g/mol. The van der Waals surface area contributed by atoms with Crippen LogP contribution in [0.2, 0.25) is 0 Å². The Labute approximate surface area is 110 Å². The molecular weight excluding hydrogens is 178 g/mol. The molecular formula is C4H16BKO3S. The summed E-state index contributed by atoms with van der Waals surface area (Å²) in [7, 11) is -0.750. The van der Waals surface area contributed by atoms with E-state index >= 15 is 0 Å². The molecule has 0 heterocycles. The van der Waals surface area contributed by atoms with Crippen LogP contribution in [-0.4, -0.2) is 86.1 Å². The normalized spacial score (nSPS) is 5.60. The molecule has 0 unspecified atom stereocenters. The molecule has 0 rings (SSSR count). The molecule has 0 bridgehead atoms. The van der Waals surface area contributed by atoms with Gasteiger partial charge in [0.1, 0.15) is 0 Å². The molecule has 0 atom stereocenters. The Morgan fingerprint density at radius 1 is 1.20 bits per heavy atom. The summed E-state index contributed by atoms with van der Waals surface area (Å²) in [5.74, 6) is 2.52. The Morgan fingerprint density at radius 2 is 1.40 bits per heavy atom. The average Bonchev–Trinajstić information content (AvgIpc) is 1.71. The van der Waals surface area contributed by atoms with Crippen molar-refractivity contribution in [2.75, 3.05) is 11.5 Å². The number of thioether (sulfide) groups is 1. The average molecular weight is 194 g/mol. The number of hydrogen-bond acceptors (Lipinski definition) is 3. The van der Waals surface area contributed by atoms with Gasteiger partial charge in [0, 0.05) is 0 Å². The Kier molecular flexibility index (Phi) is 69.5. The summed E-state index contributed by atoms with van der Waals surface area (Å²) in [5, 5.41) is 14.2. The van der Waals surface area contributed by atoms with Crippen LogP contribution in [0.25, 0.3) is 0 Å². The van der Waals surface area contributed by atoms with Crippen molar-refractivity contribution in [2.45, 2.75) is 13.8 Å². The van der Waals surface area contributed by atoms with Gasteiger partial charge in [-0.1, -0.05) is 13.8 Å². The third kappa shape index (κ3) is 51.3. The van der Waals surface area contributed by atoms with Crippen molar-refractivity contribution in [1.82, 2.24) is 0 Å². The van der Waals surface area contributed by atoms with Crippen LogP contribution in [0.1, 0.15) is 13.8 Å². The fraction of sp³-hybridized carbons (Fsp3) is 1.00. The third-order valence-electron chi connectivity index (χ3n) is 0.408. The Hall–Kier alpha value is 1.93. The summed E-state index contributed by atoms with van der Waals surface area (Å²) in [6.07, 6.45) is 0. The van der Waals surface area contributed by atoms with E-state index in [0.29, 0.717) is 0 Å². The van der Waals surface area contributed by atoms with E-state index < -0.39 is 7.69 Å². The number of rotatable bonds is 2. The molecule has 0 aromatic carbocycles. The second-order valence-corrected chi connectivity index (χ2v) is 2.49. The van der Waals surface area contributed by atoms with E-state index in [1.807, 2.05) is 11.8 Å². The zero-order chi connectivity index (χ0) is 6.83. The van der Waals surface area contributed by atoms with E-state index in [2.05, 4.69) is 13.8 Å². The van der Waals surface area contributed by atoms with Gasteiger partial charge >= 0.3 is 59.1 Å². The van der Waals surface area contributed by atoms with Gasteiger partial charge in [-0.3, -0.25) is 0 Å². The van der Waals surface area contributed by atoms with Gasteiger partial charge in [-0.15, -0.1) is 0 Å². The summed E-state index contributed by atoms with van der Waals surface area (Å²) in [4.78, 5) is 0. The minimum atomic E-state index is -0.750. The maximum absolute atomic E-state index is 7.12. The van der Waals surface area contributed by atoms with E-state index in [-0.39, 0.29) is 56.9 Å². The summed E-state index contributed by atoms with van der Waals surface area (Å²) < 4.78 is 0. The predicted molar refractivity (Wildman–Crippen MR) is 51.0 cm³/mol. The van der Waals surface area contributed by atoms with Crippen LogP contribution in [-0.2, 0) is 0 Å². The Morgan fingerprint density at radius 3 is 1.40 bits per heavy atom.